The lowest BCUT2D eigenvalue weighted by molar-refractivity contribution is 0.543. The lowest BCUT2D eigenvalue weighted by atomic mass is 10.1. The van der Waals surface area contributed by atoms with Crippen molar-refractivity contribution in [3.05, 3.63) is 36.7 Å². The first-order valence-electron chi connectivity index (χ1n) is 6.93. The highest BCUT2D eigenvalue weighted by molar-refractivity contribution is 7.89. The van der Waals surface area contributed by atoms with Crippen LogP contribution in [0.25, 0.3) is 10.8 Å². The second-order valence-electron chi connectivity index (χ2n) is 5.15. The predicted molar refractivity (Wildman–Crippen MR) is 86.0 cm³/mol. The van der Waals surface area contributed by atoms with Gasteiger partial charge in [-0.25, -0.2) is 13.1 Å². The Hall–Kier alpha value is -1.17. The molecule has 1 N–H and O–H groups in total. The molecule has 0 saturated heterocycles. The van der Waals surface area contributed by atoms with Crippen LogP contribution in [0.4, 0.5) is 0 Å². The molecular weight excluding hydrogens is 308 g/mol. The number of benzene rings is 1. The zero-order valence-corrected chi connectivity index (χ0v) is 13.5. The molecule has 0 aliphatic rings. The third-order valence-corrected chi connectivity index (χ3v) is 5.41. The second kappa shape index (κ2) is 7.20. The summed E-state index contributed by atoms with van der Waals surface area (Å²) >= 11 is 5.74. The van der Waals surface area contributed by atoms with Crippen LogP contribution >= 0.6 is 11.6 Å². The summed E-state index contributed by atoms with van der Waals surface area (Å²) in [5.74, 6) is 1.00. The van der Waals surface area contributed by atoms with Crippen molar-refractivity contribution < 1.29 is 8.42 Å². The van der Waals surface area contributed by atoms with Crippen molar-refractivity contribution in [2.24, 2.45) is 5.92 Å². The van der Waals surface area contributed by atoms with Gasteiger partial charge >= 0.3 is 0 Å². The van der Waals surface area contributed by atoms with E-state index in [0.717, 1.165) is 18.2 Å². The number of nitrogens with one attached hydrogen (secondary N) is 1. The van der Waals surface area contributed by atoms with Crippen molar-refractivity contribution in [3.63, 3.8) is 0 Å². The highest BCUT2D eigenvalue weighted by atomic mass is 35.5. The van der Waals surface area contributed by atoms with E-state index in [4.69, 9.17) is 11.6 Å². The van der Waals surface area contributed by atoms with Gasteiger partial charge in [0.15, 0.2) is 0 Å². The van der Waals surface area contributed by atoms with Crippen molar-refractivity contribution >= 4 is 32.4 Å². The number of sulfonamides is 1. The summed E-state index contributed by atoms with van der Waals surface area (Å²) in [7, 11) is -3.50. The van der Waals surface area contributed by atoms with Crippen molar-refractivity contribution in [1.82, 2.24) is 9.71 Å². The minimum Gasteiger partial charge on any atom is -0.264 e. The SMILES string of the molecule is CC(CCl)CCCNS(=O)(=O)c1cccc2cnccc12. The van der Waals surface area contributed by atoms with E-state index in [1.165, 1.54) is 0 Å². The van der Waals surface area contributed by atoms with E-state index in [1.807, 2.05) is 6.07 Å². The third kappa shape index (κ3) is 4.15. The second-order valence-corrected chi connectivity index (χ2v) is 7.20. The Kier molecular flexibility index (Phi) is 5.56. The van der Waals surface area contributed by atoms with E-state index < -0.39 is 10.0 Å². The molecule has 6 heteroatoms. The fraction of sp³-hybridized carbons (Fsp3) is 0.400. The number of halogens is 1. The van der Waals surface area contributed by atoms with Gasteiger partial charge in [-0.15, -0.1) is 11.6 Å². The standard InChI is InChI=1S/C15H19ClN2O2S/c1-12(10-16)4-3-8-18-21(19,20)15-6-2-5-13-11-17-9-7-14(13)15/h2,5-7,9,11-12,18H,3-4,8,10H2,1H3. The largest absolute Gasteiger partial charge is 0.264 e. The smallest absolute Gasteiger partial charge is 0.241 e. The highest BCUT2D eigenvalue weighted by Gasteiger charge is 2.16. The van der Waals surface area contributed by atoms with Gasteiger partial charge in [-0.3, -0.25) is 4.98 Å². The van der Waals surface area contributed by atoms with Gasteiger partial charge in [0, 0.05) is 35.6 Å². The molecule has 0 spiro atoms. The summed E-state index contributed by atoms with van der Waals surface area (Å²) in [5.41, 5.74) is 0. The lowest BCUT2D eigenvalue weighted by Gasteiger charge is -2.10. The molecule has 0 fully saturated rings. The number of nitrogens with zero attached hydrogens (tertiary/aromatic N) is 1. The molecule has 4 nitrogen and oxygen atoms in total. The molecule has 2 rings (SSSR count). The van der Waals surface area contributed by atoms with Crippen LogP contribution in [0.15, 0.2) is 41.6 Å². The van der Waals surface area contributed by atoms with Gasteiger partial charge in [0.05, 0.1) is 4.90 Å². The van der Waals surface area contributed by atoms with E-state index in [9.17, 15) is 8.42 Å². The van der Waals surface area contributed by atoms with Gasteiger partial charge < -0.3 is 0 Å². The Morgan fingerprint density at radius 3 is 2.90 bits per heavy atom. The summed E-state index contributed by atoms with van der Waals surface area (Å²) in [5, 5.41) is 1.50. The number of aromatic nitrogens is 1. The number of rotatable bonds is 7. The molecule has 1 unspecified atom stereocenters. The molecule has 1 heterocycles. The van der Waals surface area contributed by atoms with Crippen molar-refractivity contribution in [2.45, 2.75) is 24.7 Å². The van der Waals surface area contributed by atoms with Gasteiger partial charge in [-0.2, -0.15) is 0 Å². The van der Waals surface area contributed by atoms with Gasteiger partial charge in [0.2, 0.25) is 10.0 Å². The molecule has 0 saturated carbocycles. The first-order valence-corrected chi connectivity index (χ1v) is 8.95. The van der Waals surface area contributed by atoms with E-state index in [2.05, 4.69) is 16.6 Å². The van der Waals surface area contributed by atoms with E-state index >= 15 is 0 Å². The number of alkyl halides is 1. The molecule has 2 aromatic rings. The molecule has 0 amide bonds. The van der Waals surface area contributed by atoms with Crippen molar-refractivity contribution in [1.29, 1.82) is 0 Å². The predicted octanol–water partition coefficient (Wildman–Crippen LogP) is 3.17. The first kappa shape index (κ1) is 16.2. The topological polar surface area (TPSA) is 59.1 Å². The van der Waals surface area contributed by atoms with Crippen molar-refractivity contribution in [2.75, 3.05) is 12.4 Å². The van der Waals surface area contributed by atoms with Gasteiger partial charge in [0.25, 0.3) is 0 Å². The minimum atomic E-state index is -3.50. The fourth-order valence-electron chi connectivity index (χ4n) is 2.14. The Morgan fingerprint density at radius 2 is 2.14 bits per heavy atom. The average Bonchev–Trinajstić information content (AvgIpc) is 2.50. The summed E-state index contributed by atoms with van der Waals surface area (Å²) in [6, 6.07) is 6.92. The molecule has 1 aromatic heterocycles. The minimum absolute atomic E-state index is 0.299. The van der Waals surface area contributed by atoms with Crippen LogP contribution in [-0.4, -0.2) is 25.8 Å². The van der Waals surface area contributed by atoms with Gasteiger partial charge in [-0.1, -0.05) is 19.1 Å². The van der Waals surface area contributed by atoms with Gasteiger partial charge in [0.1, 0.15) is 0 Å². The summed E-state index contributed by atoms with van der Waals surface area (Å²) < 4.78 is 27.5. The van der Waals surface area contributed by atoms with Crippen LogP contribution in [0.3, 0.4) is 0 Å². The number of fused-ring (bicyclic) bond motifs is 1. The summed E-state index contributed by atoms with van der Waals surface area (Å²) in [6.45, 7) is 2.48. The maximum Gasteiger partial charge on any atom is 0.241 e. The van der Waals surface area contributed by atoms with E-state index in [-0.39, 0.29) is 0 Å². The molecule has 21 heavy (non-hydrogen) atoms. The molecule has 0 aliphatic heterocycles. The lowest BCUT2D eigenvalue weighted by Crippen LogP contribution is -2.25. The van der Waals surface area contributed by atoms with Gasteiger partial charge in [-0.05, 0) is 30.9 Å². The molecule has 1 aromatic carbocycles. The maximum atomic E-state index is 12.4. The molecule has 114 valence electrons. The van der Waals surface area contributed by atoms with E-state index in [0.29, 0.717) is 28.6 Å². The normalized spacial score (nSPS) is 13.4. The van der Waals surface area contributed by atoms with Crippen LogP contribution in [0.5, 0.6) is 0 Å². The monoisotopic (exact) mass is 326 g/mol. The molecule has 1 atom stereocenters. The van der Waals surface area contributed by atoms with Crippen LogP contribution in [0, 0.1) is 5.92 Å². The molecule has 0 radical (unpaired) electrons. The zero-order valence-electron chi connectivity index (χ0n) is 11.9. The Balaban J connectivity index is 2.11. The van der Waals surface area contributed by atoms with Crippen LogP contribution < -0.4 is 4.72 Å². The molecule has 0 bridgehead atoms. The van der Waals surface area contributed by atoms with Crippen molar-refractivity contribution in [3.8, 4) is 0 Å². The van der Waals surface area contributed by atoms with Crippen LogP contribution in [0.1, 0.15) is 19.8 Å². The zero-order chi connectivity index (χ0) is 15.3. The Labute approximate surface area is 130 Å². The van der Waals surface area contributed by atoms with Crippen LogP contribution in [-0.2, 0) is 10.0 Å². The fourth-order valence-corrected chi connectivity index (χ4v) is 3.60. The summed E-state index contributed by atoms with van der Waals surface area (Å²) in [6.07, 6.45) is 4.95. The van der Waals surface area contributed by atoms with E-state index in [1.54, 1.807) is 30.6 Å². The molecule has 0 aliphatic carbocycles. The Morgan fingerprint density at radius 1 is 1.33 bits per heavy atom. The van der Waals surface area contributed by atoms with Crippen LogP contribution in [0.2, 0.25) is 0 Å². The quantitative estimate of drug-likeness (QED) is 0.628. The molecular formula is C15H19ClN2O2S. The number of pyridine rings is 1. The first-order chi connectivity index (χ1) is 10.0. The highest BCUT2D eigenvalue weighted by Crippen LogP contribution is 2.21. The average molecular weight is 327 g/mol. The third-order valence-electron chi connectivity index (χ3n) is 3.36. The summed E-state index contributed by atoms with van der Waals surface area (Å²) in [4.78, 5) is 4.31. The maximum absolute atomic E-state index is 12.4. The Bertz CT molecular complexity index is 698. The number of hydrogen-bond acceptors (Lipinski definition) is 3. The number of hydrogen-bond donors (Lipinski definition) is 1.